The highest BCUT2D eigenvalue weighted by Gasteiger charge is 2.47. The minimum Gasteiger partial charge on any atom is -0.355 e. The van der Waals surface area contributed by atoms with E-state index in [1.54, 1.807) is 0 Å². The molecule has 6 rings (SSSR count). The van der Waals surface area contributed by atoms with Gasteiger partial charge in [-0.1, -0.05) is 67.6 Å². The van der Waals surface area contributed by atoms with Gasteiger partial charge in [-0.05, 0) is 41.0 Å². The fourth-order valence-electron chi connectivity index (χ4n) is 4.94. The lowest BCUT2D eigenvalue weighted by atomic mass is 9.86. The monoisotopic (exact) mass is 336 g/mol. The predicted molar refractivity (Wildman–Crippen MR) is 109 cm³/mol. The summed E-state index contributed by atoms with van der Waals surface area (Å²) in [6.45, 7) is 2.30. The topological polar surface area (TPSA) is 24.1 Å². The highest BCUT2D eigenvalue weighted by molar-refractivity contribution is 6.06. The van der Waals surface area contributed by atoms with E-state index in [2.05, 4.69) is 90.4 Å². The van der Waals surface area contributed by atoms with Gasteiger partial charge in [-0.2, -0.15) is 0 Å². The molecule has 126 valence electrons. The quantitative estimate of drug-likeness (QED) is 0.534. The summed E-state index contributed by atoms with van der Waals surface area (Å²) in [5.74, 6) is 0.580. The zero-order valence-corrected chi connectivity index (χ0v) is 14.7. The van der Waals surface area contributed by atoms with Gasteiger partial charge >= 0.3 is 0 Å². The largest absolute Gasteiger partial charge is 0.355 e. The minimum atomic E-state index is -0.384. The molecule has 1 unspecified atom stereocenters. The van der Waals surface area contributed by atoms with E-state index in [4.69, 9.17) is 0 Å². The third kappa shape index (κ3) is 1.67. The molecule has 0 amide bonds. The van der Waals surface area contributed by atoms with Crippen molar-refractivity contribution in [1.29, 1.82) is 0 Å². The highest BCUT2D eigenvalue weighted by atomic mass is 15.2. The second-order valence-corrected chi connectivity index (χ2v) is 7.69. The van der Waals surface area contributed by atoms with Gasteiger partial charge in [0.2, 0.25) is 0 Å². The van der Waals surface area contributed by atoms with Gasteiger partial charge in [-0.3, -0.25) is 0 Å². The van der Waals surface area contributed by atoms with Crippen molar-refractivity contribution in [2.24, 2.45) is 5.92 Å². The van der Waals surface area contributed by atoms with Crippen LogP contribution in [0, 0.1) is 5.92 Å². The molecular weight excluding hydrogens is 316 g/mol. The maximum absolute atomic E-state index is 3.89. The molecule has 3 aromatic carbocycles. The van der Waals surface area contributed by atoms with Crippen LogP contribution >= 0.6 is 0 Å². The standard InChI is InChI=1S/C24H20N2/c1-15-12-13-20-18(14-15)17-8-2-3-9-19(17)24(20)25-21-10-4-6-16-7-5-11-22(26-24)23(16)21/h2-13,15,25-26H,14H2,1H3. The Bertz CT molecular complexity index is 1100. The molecule has 26 heavy (non-hydrogen) atoms. The molecule has 2 nitrogen and oxygen atoms in total. The van der Waals surface area contributed by atoms with E-state index in [0.29, 0.717) is 5.92 Å². The first-order valence-corrected chi connectivity index (χ1v) is 9.36. The van der Waals surface area contributed by atoms with E-state index in [0.717, 1.165) is 6.42 Å². The smallest absolute Gasteiger partial charge is 0.162 e. The van der Waals surface area contributed by atoms with Crippen molar-refractivity contribution < 1.29 is 0 Å². The van der Waals surface area contributed by atoms with Crippen LogP contribution in [0.15, 0.2) is 78.4 Å². The normalized spacial score (nSPS) is 21.3. The van der Waals surface area contributed by atoms with Gasteiger partial charge in [0.1, 0.15) is 0 Å². The third-order valence-corrected chi connectivity index (χ3v) is 6.05. The number of anilines is 2. The van der Waals surface area contributed by atoms with Gasteiger partial charge in [0.25, 0.3) is 0 Å². The van der Waals surface area contributed by atoms with E-state index in [1.165, 1.54) is 44.4 Å². The van der Waals surface area contributed by atoms with Crippen molar-refractivity contribution in [3.63, 3.8) is 0 Å². The minimum absolute atomic E-state index is 0.384. The average Bonchev–Trinajstić information content (AvgIpc) is 2.92. The van der Waals surface area contributed by atoms with Crippen LogP contribution in [0.5, 0.6) is 0 Å². The van der Waals surface area contributed by atoms with Crippen molar-refractivity contribution >= 4 is 27.7 Å². The summed E-state index contributed by atoms with van der Waals surface area (Å²) in [5.41, 5.74) is 7.57. The summed E-state index contributed by atoms with van der Waals surface area (Å²) >= 11 is 0. The SMILES string of the molecule is CC1C=CC2=C(C1)c1ccccc1C21Nc2cccc3cccc(c23)N1. The van der Waals surface area contributed by atoms with Gasteiger partial charge in [-0.15, -0.1) is 0 Å². The van der Waals surface area contributed by atoms with Gasteiger partial charge in [0.05, 0.1) is 0 Å². The Balaban J connectivity index is 1.65. The molecule has 2 aliphatic carbocycles. The summed E-state index contributed by atoms with van der Waals surface area (Å²) in [4.78, 5) is 0. The first-order valence-electron chi connectivity index (χ1n) is 9.36. The number of allylic oxidation sites excluding steroid dienone is 2. The molecular formula is C24H20N2. The second kappa shape index (κ2) is 4.79. The molecule has 0 aromatic heterocycles. The summed E-state index contributed by atoms with van der Waals surface area (Å²) < 4.78 is 0. The predicted octanol–water partition coefficient (Wildman–Crippen LogP) is 5.89. The van der Waals surface area contributed by atoms with Crippen LogP contribution in [0.2, 0.25) is 0 Å². The van der Waals surface area contributed by atoms with Crippen LogP contribution in [0.3, 0.4) is 0 Å². The van der Waals surface area contributed by atoms with Gasteiger partial charge < -0.3 is 10.6 Å². The fraction of sp³-hybridized carbons (Fsp3) is 0.167. The molecule has 3 aromatic rings. The Kier molecular flexibility index (Phi) is 2.62. The first-order chi connectivity index (χ1) is 12.8. The van der Waals surface area contributed by atoms with Crippen molar-refractivity contribution in [2.45, 2.75) is 19.0 Å². The second-order valence-electron chi connectivity index (χ2n) is 7.69. The summed E-state index contributed by atoms with van der Waals surface area (Å²) in [6, 6.07) is 21.9. The fourth-order valence-corrected chi connectivity index (χ4v) is 4.94. The molecule has 0 radical (unpaired) electrons. The Morgan fingerprint density at radius 3 is 2.38 bits per heavy atom. The van der Waals surface area contributed by atoms with Crippen molar-refractivity contribution in [2.75, 3.05) is 10.6 Å². The van der Waals surface area contributed by atoms with Crippen LogP contribution in [-0.4, -0.2) is 0 Å². The molecule has 3 aliphatic rings. The van der Waals surface area contributed by atoms with Crippen molar-refractivity contribution in [3.05, 3.63) is 89.5 Å². The number of hydrogen-bond donors (Lipinski definition) is 2. The zero-order valence-electron chi connectivity index (χ0n) is 14.7. The maximum atomic E-state index is 3.89. The number of fused-ring (bicyclic) bond motifs is 4. The summed E-state index contributed by atoms with van der Waals surface area (Å²) in [5, 5.41) is 10.3. The van der Waals surface area contributed by atoms with Crippen LogP contribution in [0.4, 0.5) is 11.4 Å². The molecule has 1 aliphatic heterocycles. The molecule has 0 saturated carbocycles. The van der Waals surface area contributed by atoms with Gasteiger partial charge in [-0.25, -0.2) is 0 Å². The molecule has 1 spiro atoms. The number of benzene rings is 3. The van der Waals surface area contributed by atoms with Crippen molar-refractivity contribution in [1.82, 2.24) is 0 Å². The Morgan fingerprint density at radius 1 is 0.885 bits per heavy atom. The van der Waals surface area contributed by atoms with E-state index < -0.39 is 0 Å². The summed E-state index contributed by atoms with van der Waals surface area (Å²) in [7, 11) is 0. The Hall–Kier alpha value is -3.00. The molecule has 0 saturated heterocycles. The van der Waals surface area contributed by atoms with Crippen LogP contribution in [-0.2, 0) is 5.66 Å². The highest BCUT2D eigenvalue weighted by Crippen LogP contribution is 2.54. The average molecular weight is 336 g/mol. The lowest BCUT2D eigenvalue weighted by molar-refractivity contribution is 0.674. The molecule has 0 bridgehead atoms. The lowest BCUT2D eigenvalue weighted by Crippen LogP contribution is -2.45. The van der Waals surface area contributed by atoms with E-state index in [-0.39, 0.29) is 5.66 Å². The van der Waals surface area contributed by atoms with E-state index in [9.17, 15) is 0 Å². The zero-order chi connectivity index (χ0) is 17.3. The Morgan fingerprint density at radius 2 is 1.62 bits per heavy atom. The van der Waals surface area contributed by atoms with E-state index in [1.807, 2.05) is 0 Å². The molecule has 1 heterocycles. The van der Waals surface area contributed by atoms with Crippen LogP contribution in [0.1, 0.15) is 24.5 Å². The molecule has 1 atom stereocenters. The van der Waals surface area contributed by atoms with E-state index >= 15 is 0 Å². The first kappa shape index (κ1) is 14.2. The molecule has 2 N–H and O–H groups in total. The third-order valence-electron chi connectivity index (χ3n) is 6.05. The number of nitrogens with one attached hydrogen (secondary N) is 2. The Labute approximate surface area is 153 Å². The van der Waals surface area contributed by atoms with Crippen LogP contribution < -0.4 is 10.6 Å². The number of hydrogen-bond acceptors (Lipinski definition) is 2. The lowest BCUT2D eigenvalue weighted by Gasteiger charge is -2.41. The molecule has 2 heteroatoms. The molecule has 0 fully saturated rings. The number of rotatable bonds is 0. The summed E-state index contributed by atoms with van der Waals surface area (Å²) in [6.07, 6.45) is 5.77. The van der Waals surface area contributed by atoms with Gasteiger partial charge in [0, 0.05) is 27.9 Å². The van der Waals surface area contributed by atoms with Crippen LogP contribution in [0.25, 0.3) is 16.3 Å². The maximum Gasteiger partial charge on any atom is 0.162 e. The van der Waals surface area contributed by atoms with Gasteiger partial charge in [0.15, 0.2) is 5.66 Å². The van der Waals surface area contributed by atoms with Crippen molar-refractivity contribution in [3.8, 4) is 0 Å².